The van der Waals surface area contributed by atoms with Crippen molar-refractivity contribution >= 4 is 5.91 Å². The molecule has 4 rings (SSSR count). The summed E-state index contributed by atoms with van der Waals surface area (Å²) in [6.07, 6.45) is 4.33. The van der Waals surface area contributed by atoms with Gasteiger partial charge in [0.2, 0.25) is 0 Å². The lowest BCUT2D eigenvalue weighted by atomic mass is 9.96. The van der Waals surface area contributed by atoms with Gasteiger partial charge in [-0.1, -0.05) is 11.2 Å². The molecule has 1 fully saturated rings. The van der Waals surface area contributed by atoms with Gasteiger partial charge in [0.1, 0.15) is 11.4 Å². The number of rotatable bonds is 5. The van der Waals surface area contributed by atoms with Gasteiger partial charge in [-0.2, -0.15) is 4.98 Å². The van der Waals surface area contributed by atoms with Crippen LogP contribution in [0.4, 0.5) is 0 Å². The Kier molecular flexibility index (Phi) is 5.97. The molecule has 1 aliphatic heterocycles. The van der Waals surface area contributed by atoms with Gasteiger partial charge in [-0.3, -0.25) is 9.78 Å². The Hall–Kier alpha value is -3.29. The number of nitrogens with zero attached hydrogens (tertiary/aromatic N) is 5. The molecular formula is C23H27N5O3. The van der Waals surface area contributed by atoms with Crippen molar-refractivity contribution in [2.45, 2.75) is 52.6 Å². The summed E-state index contributed by atoms with van der Waals surface area (Å²) in [5.41, 5.74) is 3.74. The van der Waals surface area contributed by atoms with E-state index >= 15 is 0 Å². The van der Waals surface area contributed by atoms with Crippen LogP contribution in [0, 0.1) is 20.8 Å². The second kappa shape index (κ2) is 8.83. The van der Waals surface area contributed by atoms with E-state index in [4.69, 9.17) is 9.26 Å². The molecule has 162 valence electrons. The highest BCUT2D eigenvalue weighted by atomic mass is 16.5. The van der Waals surface area contributed by atoms with Crippen molar-refractivity contribution < 1.29 is 14.1 Å². The van der Waals surface area contributed by atoms with Crippen molar-refractivity contribution in [2.24, 2.45) is 0 Å². The molecule has 0 saturated carbocycles. The summed E-state index contributed by atoms with van der Waals surface area (Å²) < 4.78 is 11.3. The van der Waals surface area contributed by atoms with E-state index in [-0.39, 0.29) is 11.8 Å². The smallest absolute Gasteiger partial charge is 0.278 e. The van der Waals surface area contributed by atoms with E-state index in [1.807, 2.05) is 36.9 Å². The van der Waals surface area contributed by atoms with Crippen molar-refractivity contribution in [2.75, 3.05) is 13.1 Å². The normalized spacial score (nSPS) is 15.7. The first-order chi connectivity index (χ1) is 14.9. The van der Waals surface area contributed by atoms with Gasteiger partial charge >= 0.3 is 0 Å². The molecule has 0 spiro atoms. The van der Waals surface area contributed by atoms with Gasteiger partial charge in [0.05, 0.1) is 11.9 Å². The van der Waals surface area contributed by atoms with Crippen molar-refractivity contribution in [3.63, 3.8) is 0 Å². The van der Waals surface area contributed by atoms with Crippen molar-refractivity contribution in [1.29, 1.82) is 0 Å². The second-order valence-electron chi connectivity index (χ2n) is 8.11. The quantitative estimate of drug-likeness (QED) is 0.621. The monoisotopic (exact) mass is 421 g/mol. The fourth-order valence-corrected chi connectivity index (χ4v) is 3.66. The molecule has 8 heteroatoms. The number of benzene rings is 1. The number of hydrogen-bond acceptors (Lipinski definition) is 7. The summed E-state index contributed by atoms with van der Waals surface area (Å²) in [7, 11) is 0. The Balaban J connectivity index is 1.33. The maximum atomic E-state index is 12.9. The molecule has 31 heavy (non-hydrogen) atoms. The maximum Gasteiger partial charge on any atom is 0.278 e. The number of ether oxygens (including phenoxy) is 1. The Morgan fingerprint density at radius 2 is 1.90 bits per heavy atom. The summed E-state index contributed by atoms with van der Waals surface area (Å²) in [5, 5.41) is 4.13. The van der Waals surface area contributed by atoms with Crippen molar-refractivity contribution in [1.82, 2.24) is 25.0 Å². The lowest BCUT2D eigenvalue weighted by Gasteiger charge is -2.32. The lowest BCUT2D eigenvalue weighted by molar-refractivity contribution is -0.139. The second-order valence-corrected chi connectivity index (χ2v) is 8.11. The average Bonchev–Trinajstić information content (AvgIpc) is 3.26. The van der Waals surface area contributed by atoms with Crippen molar-refractivity contribution in [3.8, 4) is 17.3 Å². The largest absolute Gasteiger partial charge is 0.481 e. The minimum atomic E-state index is -0.532. The molecule has 2 aromatic heterocycles. The predicted molar refractivity (Wildman–Crippen MR) is 115 cm³/mol. The molecule has 0 bridgehead atoms. The number of amides is 1. The molecular weight excluding hydrogens is 394 g/mol. The third-order valence-electron chi connectivity index (χ3n) is 5.75. The number of carbonyl (C=O) groups excluding carboxylic acids is 1. The summed E-state index contributed by atoms with van der Waals surface area (Å²) in [6.45, 7) is 9.04. The minimum Gasteiger partial charge on any atom is -0.481 e. The van der Waals surface area contributed by atoms with Gasteiger partial charge in [0, 0.05) is 25.2 Å². The Morgan fingerprint density at radius 3 is 2.58 bits per heavy atom. The third kappa shape index (κ3) is 4.73. The van der Waals surface area contributed by atoms with E-state index in [2.05, 4.69) is 27.0 Å². The summed E-state index contributed by atoms with van der Waals surface area (Å²) in [6, 6.07) is 5.89. The van der Waals surface area contributed by atoms with Gasteiger partial charge in [-0.15, -0.1) is 0 Å². The Labute approximate surface area is 181 Å². The van der Waals surface area contributed by atoms with Crippen LogP contribution in [-0.2, 0) is 4.79 Å². The van der Waals surface area contributed by atoms with E-state index in [0.29, 0.717) is 30.5 Å². The molecule has 3 heterocycles. The highest BCUT2D eigenvalue weighted by Gasteiger charge is 2.30. The number of aryl methyl sites for hydroxylation is 3. The predicted octanol–water partition coefficient (Wildman–Crippen LogP) is 3.63. The van der Waals surface area contributed by atoms with Crippen LogP contribution in [0.25, 0.3) is 11.6 Å². The molecule has 1 amide bonds. The van der Waals surface area contributed by atoms with E-state index in [9.17, 15) is 4.79 Å². The average molecular weight is 422 g/mol. The van der Waals surface area contributed by atoms with Crippen LogP contribution in [0.1, 0.15) is 48.3 Å². The van der Waals surface area contributed by atoms with Crippen LogP contribution in [0.5, 0.6) is 5.75 Å². The topological polar surface area (TPSA) is 94.2 Å². The van der Waals surface area contributed by atoms with Gasteiger partial charge in [-0.05, 0) is 63.8 Å². The Bertz CT molecular complexity index is 1060. The van der Waals surface area contributed by atoms with Crippen LogP contribution in [0.15, 0.2) is 35.1 Å². The molecule has 1 unspecified atom stereocenters. The lowest BCUT2D eigenvalue weighted by Crippen LogP contribution is -2.44. The number of piperidine rings is 1. The zero-order valence-corrected chi connectivity index (χ0v) is 18.3. The summed E-state index contributed by atoms with van der Waals surface area (Å²) in [4.78, 5) is 27.7. The fraction of sp³-hybridized carbons (Fsp3) is 0.435. The summed E-state index contributed by atoms with van der Waals surface area (Å²) in [5.74, 6) is 1.90. The van der Waals surface area contributed by atoms with Gasteiger partial charge < -0.3 is 14.2 Å². The highest BCUT2D eigenvalue weighted by molar-refractivity contribution is 5.81. The maximum absolute atomic E-state index is 12.9. The highest BCUT2D eigenvalue weighted by Crippen LogP contribution is 2.28. The van der Waals surface area contributed by atoms with Crippen LogP contribution in [0.2, 0.25) is 0 Å². The molecule has 0 N–H and O–H groups in total. The number of hydrogen-bond donors (Lipinski definition) is 0. The zero-order valence-electron chi connectivity index (χ0n) is 18.3. The van der Waals surface area contributed by atoms with Crippen LogP contribution >= 0.6 is 0 Å². The fourth-order valence-electron chi connectivity index (χ4n) is 3.66. The van der Waals surface area contributed by atoms with Crippen LogP contribution in [-0.4, -0.2) is 50.1 Å². The zero-order chi connectivity index (χ0) is 22.0. The van der Waals surface area contributed by atoms with Crippen LogP contribution in [0.3, 0.4) is 0 Å². The van der Waals surface area contributed by atoms with Gasteiger partial charge in [0.15, 0.2) is 11.9 Å². The molecule has 0 aliphatic carbocycles. The van der Waals surface area contributed by atoms with E-state index in [1.165, 1.54) is 5.56 Å². The first-order valence-corrected chi connectivity index (χ1v) is 10.6. The number of carbonyl (C=O) groups is 1. The van der Waals surface area contributed by atoms with Gasteiger partial charge in [-0.25, -0.2) is 4.98 Å². The SMILES string of the molecule is Cc1cnc(-c2nc(C3CCN(C(=O)C(C)Oc4ccc(C)c(C)c4)CC3)no2)cn1. The molecule has 0 radical (unpaired) electrons. The standard InChI is InChI=1S/C23H27N5O3/c1-14-5-6-19(11-15(14)2)30-17(4)23(29)28-9-7-18(8-10-28)21-26-22(31-27-21)20-13-24-16(3)12-25-20/h5-6,11-13,17-18H,7-10H2,1-4H3. The molecule has 3 aromatic rings. The minimum absolute atomic E-state index is 0.000379. The molecule has 1 aliphatic rings. The van der Waals surface area contributed by atoms with Crippen LogP contribution < -0.4 is 4.74 Å². The number of likely N-dealkylation sites (tertiary alicyclic amines) is 1. The summed E-state index contributed by atoms with van der Waals surface area (Å²) >= 11 is 0. The van der Waals surface area contributed by atoms with E-state index in [0.717, 1.165) is 29.8 Å². The van der Waals surface area contributed by atoms with E-state index < -0.39 is 6.10 Å². The third-order valence-corrected chi connectivity index (χ3v) is 5.75. The van der Waals surface area contributed by atoms with Gasteiger partial charge in [0.25, 0.3) is 11.8 Å². The molecule has 1 atom stereocenters. The first-order valence-electron chi connectivity index (χ1n) is 10.6. The van der Waals surface area contributed by atoms with E-state index in [1.54, 1.807) is 19.3 Å². The molecule has 8 nitrogen and oxygen atoms in total. The Morgan fingerprint density at radius 1 is 1.13 bits per heavy atom. The molecule has 1 saturated heterocycles. The molecule has 1 aromatic carbocycles. The number of aromatic nitrogens is 4. The first kappa shape index (κ1) is 21.0. The van der Waals surface area contributed by atoms with Crippen molar-refractivity contribution in [3.05, 3.63) is 53.2 Å².